The second-order valence-corrected chi connectivity index (χ2v) is 6.13. The number of nitrogens with zero attached hydrogens (tertiary/aromatic N) is 2. The fourth-order valence-corrected chi connectivity index (χ4v) is 3.21. The molecule has 1 aliphatic rings. The summed E-state index contributed by atoms with van der Waals surface area (Å²) >= 11 is 3.53. The Hall–Kier alpha value is -2.13. The van der Waals surface area contributed by atoms with Gasteiger partial charge in [0.2, 0.25) is 0 Å². The Balaban J connectivity index is 1.78. The molecule has 3 heteroatoms. The average molecular weight is 337 g/mol. The van der Waals surface area contributed by atoms with Crippen molar-refractivity contribution in [3.05, 3.63) is 76.9 Å². The zero-order valence-corrected chi connectivity index (χ0v) is 13.0. The minimum absolute atomic E-state index is 0.868. The van der Waals surface area contributed by atoms with Crippen LogP contribution in [0.2, 0.25) is 0 Å². The van der Waals surface area contributed by atoms with Gasteiger partial charge in [0.15, 0.2) is 0 Å². The van der Waals surface area contributed by atoms with Crippen LogP contribution in [-0.2, 0) is 6.54 Å². The van der Waals surface area contributed by atoms with E-state index in [9.17, 15) is 0 Å². The molecule has 0 fully saturated rings. The molecule has 0 saturated carbocycles. The van der Waals surface area contributed by atoms with Crippen molar-refractivity contribution in [3.8, 4) is 0 Å². The Labute approximate surface area is 131 Å². The van der Waals surface area contributed by atoms with Crippen molar-refractivity contribution in [2.75, 3.05) is 4.90 Å². The molecule has 21 heavy (non-hydrogen) atoms. The highest BCUT2D eigenvalue weighted by molar-refractivity contribution is 9.10. The maximum atomic E-state index is 4.37. The van der Waals surface area contributed by atoms with E-state index in [1.54, 1.807) is 0 Å². The van der Waals surface area contributed by atoms with Gasteiger partial charge in [-0.2, -0.15) is 0 Å². The molecule has 0 bridgehead atoms. The van der Waals surface area contributed by atoms with E-state index in [0.717, 1.165) is 33.3 Å². The van der Waals surface area contributed by atoms with Crippen molar-refractivity contribution in [2.24, 2.45) is 0 Å². The van der Waals surface area contributed by atoms with Gasteiger partial charge in [-0.1, -0.05) is 34.6 Å². The molecule has 0 N–H and O–H groups in total. The lowest BCUT2D eigenvalue weighted by atomic mass is 10.1. The summed E-state index contributed by atoms with van der Waals surface area (Å²) in [5, 5.41) is 1.15. The minimum Gasteiger partial charge on any atom is -0.337 e. The molecule has 0 spiro atoms. The van der Waals surface area contributed by atoms with E-state index in [1.165, 1.54) is 11.1 Å². The van der Waals surface area contributed by atoms with Crippen LogP contribution in [0.5, 0.6) is 0 Å². The maximum Gasteiger partial charge on any atom is 0.0703 e. The van der Waals surface area contributed by atoms with Gasteiger partial charge in [-0.25, -0.2) is 0 Å². The van der Waals surface area contributed by atoms with Gasteiger partial charge in [-0.3, -0.25) is 4.98 Å². The number of benzene rings is 2. The molecule has 0 atom stereocenters. The molecule has 0 saturated heterocycles. The quantitative estimate of drug-likeness (QED) is 0.622. The number of hydrogen-bond acceptors (Lipinski definition) is 2. The van der Waals surface area contributed by atoms with Crippen molar-refractivity contribution in [2.45, 2.75) is 6.54 Å². The van der Waals surface area contributed by atoms with Crippen LogP contribution in [0, 0.1) is 0 Å². The summed E-state index contributed by atoms with van der Waals surface area (Å²) in [7, 11) is 0. The van der Waals surface area contributed by atoms with Gasteiger partial charge in [-0.05, 0) is 42.0 Å². The number of halogens is 1. The van der Waals surface area contributed by atoms with E-state index in [0.29, 0.717) is 0 Å². The molecule has 0 radical (unpaired) electrons. The fourth-order valence-electron chi connectivity index (χ4n) is 2.84. The maximum absolute atomic E-state index is 4.37. The zero-order chi connectivity index (χ0) is 14.4. The van der Waals surface area contributed by atoms with E-state index in [-0.39, 0.29) is 0 Å². The molecule has 102 valence electrons. The number of fused-ring (bicyclic) bond motifs is 2. The van der Waals surface area contributed by atoms with Gasteiger partial charge < -0.3 is 4.90 Å². The molecule has 2 nitrogen and oxygen atoms in total. The topological polar surface area (TPSA) is 16.1 Å². The van der Waals surface area contributed by atoms with Gasteiger partial charge in [0.1, 0.15) is 0 Å². The number of aromatic nitrogens is 1. The Morgan fingerprint density at radius 2 is 2.00 bits per heavy atom. The summed E-state index contributed by atoms with van der Waals surface area (Å²) in [6.07, 6.45) is 1.82. The van der Waals surface area contributed by atoms with Crippen LogP contribution in [0.4, 0.5) is 5.69 Å². The summed E-state index contributed by atoms with van der Waals surface area (Å²) < 4.78 is 1.09. The highest BCUT2D eigenvalue weighted by Gasteiger charge is 2.23. The lowest BCUT2D eigenvalue weighted by molar-refractivity contribution is 1.04. The van der Waals surface area contributed by atoms with Crippen molar-refractivity contribution in [1.82, 2.24) is 4.98 Å². The van der Waals surface area contributed by atoms with Crippen LogP contribution >= 0.6 is 15.9 Å². The first-order chi connectivity index (χ1) is 10.2. The van der Waals surface area contributed by atoms with Crippen LogP contribution in [0.25, 0.3) is 16.6 Å². The van der Waals surface area contributed by atoms with Crippen molar-refractivity contribution < 1.29 is 0 Å². The summed E-state index contributed by atoms with van der Waals surface area (Å²) in [5.41, 5.74) is 5.76. The number of pyridine rings is 1. The summed E-state index contributed by atoms with van der Waals surface area (Å²) in [4.78, 5) is 6.63. The van der Waals surface area contributed by atoms with E-state index in [4.69, 9.17) is 0 Å². The van der Waals surface area contributed by atoms with E-state index in [2.05, 4.69) is 74.9 Å². The molecule has 3 aromatic rings. The minimum atomic E-state index is 0.868. The molecular weight excluding hydrogens is 324 g/mol. The van der Waals surface area contributed by atoms with E-state index >= 15 is 0 Å². The molecule has 2 heterocycles. The van der Waals surface area contributed by atoms with Crippen molar-refractivity contribution in [1.29, 1.82) is 0 Å². The van der Waals surface area contributed by atoms with Crippen LogP contribution in [0.3, 0.4) is 0 Å². The zero-order valence-electron chi connectivity index (χ0n) is 11.4. The largest absolute Gasteiger partial charge is 0.337 e. The van der Waals surface area contributed by atoms with Crippen LogP contribution < -0.4 is 4.90 Å². The van der Waals surface area contributed by atoms with E-state index in [1.807, 2.05) is 12.3 Å². The van der Waals surface area contributed by atoms with Crippen LogP contribution in [-0.4, -0.2) is 4.98 Å². The first-order valence-electron chi connectivity index (χ1n) is 6.82. The molecule has 1 aliphatic heterocycles. The van der Waals surface area contributed by atoms with E-state index < -0.39 is 0 Å². The number of anilines is 1. The first kappa shape index (κ1) is 12.6. The monoisotopic (exact) mass is 336 g/mol. The Kier molecular flexibility index (Phi) is 2.82. The normalized spacial score (nSPS) is 13.8. The highest BCUT2D eigenvalue weighted by Crippen LogP contribution is 2.37. The molecular formula is C18H13BrN2. The molecule has 0 unspecified atom stereocenters. The average Bonchev–Trinajstić information content (AvgIpc) is 2.84. The van der Waals surface area contributed by atoms with Gasteiger partial charge in [0, 0.05) is 39.5 Å². The van der Waals surface area contributed by atoms with Crippen molar-refractivity contribution in [3.63, 3.8) is 0 Å². The number of rotatable bonds is 1. The molecule has 0 aliphatic carbocycles. The van der Waals surface area contributed by atoms with Crippen LogP contribution in [0.1, 0.15) is 11.1 Å². The Morgan fingerprint density at radius 1 is 1.10 bits per heavy atom. The molecule has 4 rings (SSSR count). The lowest BCUT2D eigenvalue weighted by Crippen LogP contribution is -2.12. The lowest BCUT2D eigenvalue weighted by Gasteiger charge is -2.20. The predicted octanol–water partition coefficient (Wildman–Crippen LogP) is 4.99. The third kappa shape index (κ3) is 2.05. The second-order valence-electron chi connectivity index (χ2n) is 5.21. The first-order valence-corrected chi connectivity index (χ1v) is 7.62. The van der Waals surface area contributed by atoms with Crippen molar-refractivity contribution >= 4 is 38.2 Å². The third-order valence-corrected chi connectivity index (χ3v) is 4.43. The van der Waals surface area contributed by atoms with Gasteiger partial charge in [-0.15, -0.1) is 0 Å². The SMILES string of the molecule is C=C1c2cc(Br)ccc2CN1c1ccc2ncccc2c1. The smallest absolute Gasteiger partial charge is 0.0703 e. The number of hydrogen-bond donors (Lipinski definition) is 0. The second kappa shape index (κ2) is 4.71. The predicted molar refractivity (Wildman–Crippen MR) is 91.1 cm³/mol. The molecule has 1 aromatic heterocycles. The van der Waals surface area contributed by atoms with Gasteiger partial charge >= 0.3 is 0 Å². The summed E-state index contributed by atoms with van der Waals surface area (Å²) in [6, 6.07) is 16.8. The molecule has 0 amide bonds. The highest BCUT2D eigenvalue weighted by atomic mass is 79.9. The van der Waals surface area contributed by atoms with Crippen LogP contribution in [0.15, 0.2) is 65.8 Å². The van der Waals surface area contributed by atoms with Gasteiger partial charge in [0.05, 0.1) is 5.52 Å². The Morgan fingerprint density at radius 3 is 2.90 bits per heavy atom. The van der Waals surface area contributed by atoms with Gasteiger partial charge in [0.25, 0.3) is 0 Å². The standard InChI is InChI=1S/C18H13BrN2/c1-12-17-10-15(19)5-4-14(17)11-21(12)16-6-7-18-13(9-16)3-2-8-20-18/h2-10H,1,11H2. The summed E-state index contributed by atoms with van der Waals surface area (Å²) in [5.74, 6) is 0. The fraction of sp³-hybridized carbons (Fsp3) is 0.0556. The Bertz CT molecular complexity index is 870. The third-order valence-electron chi connectivity index (χ3n) is 3.94. The molecule has 2 aromatic carbocycles. The summed E-state index contributed by atoms with van der Waals surface area (Å²) in [6.45, 7) is 5.13.